The monoisotopic (exact) mass is 338 g/mol. The molecule has 124 valence electrons. The van der Waals surface area contributed by atoms with Gasteiger partial charge in [-0.1, -0.05) is 6.07 Å². The van der Waals surface area contributed by atoms with Gasteiger partial charge >= 0.3 is 0 Å². The summed E-state index contributed by atoms with van der Waals surface area (Å²) in [5.41, 5.74) is 0. The van der Waals surface area contributed by atoms with Crippen molar-refractivity contribution >= 4 is 10.0 Å². The number of nitrogens with zero attached hydrogens (tertiary/aromatic N) is 3. The molecule has 1 unspecified atom stereocenters. The largest absolute Gasteiger partial charge is 0.506 e. The number of hydrogen-bond donors (Lipinski definition) is 2. The Balaban J connectivity index is 1.94. The van der Waals surface area contributed by atoms with Crippen LogP contribution in [0, 0.1) is 0 Å². The van der Waals surface area contributed by atoms with Crippen LogP contribution in [-0.4, -0.2) is 53.2 Å². The van der Waals surface area contributed by atoms with Crippen LogP contribution in [0.25, 0.3) is 0 Å². The Bertz CT molecular complexity index is 776. The van der Waals surface area contributed by atoms with Crippen molar-refractivity contribution in [1.82, 2.24) is 19.5 Å². The van der Waals surface area contributed by atoms with Gasteiger partial charge in [-0.2, -0.15) is 9.40 Å². The van der Waals surface area contributed by atoms with Crippen LogP contribution in [0.15, 0.2) is 29.4 Å². The number of piperidine rings is 1. The van der Waals surface area contributed by atoms with Crippen molar-refractivity contribution < 1.29 is 18.3 Å². The molecule has 0 radical (unpaired) electrons. The second kappa shape index (κ2) is 6.17. The Hall–Kier alpha value is -2.13. The molecule has 1 aromatic heterocycles. The average Bonchev–Trinajstić information content (AvgIpc) is 3.09. The van der Waals surface area contributed by atoms with Gasteiger partial charge in [0.15, 0.2) is 4.90 Å². The van der Waals surface area contributed by atoms with Gasteiger partial charge < -0.3 is 9.84 Å². The molecule has 3 rings (SSSR count). The Morgan fingerprint density at radius 3 is 2.96 bits per heavy atom. The molecule has 23 heavy (non-hydrogen) atoms. The fraction of sp³-hybridized carbons (Fsp3) is 0.429. The molecule has 2 N–H and O–H groups in total. The van der Waals surface area contributed by atoms with Gasteiger partial charge in [0, 0.05) is 19.0 Å². The topological polar surface area (TPSA) is 108 Å². The number of phenolic OH excluding ortho intramolecular Hbond substituents is 1. The molecule has 0 amide bonds. The lowest BCUT2D eigenvalue weighted by molar-refractivity contribution is 0.305. The molecule has 1 aliphatic rings. The maximum atomic E-state index is 12.9. The van der Waals surface area contributed by atoms with Crippen molar-refractivity contribution in [3.8, 4) is 11.5 Å². The number of nitrogens with one attached hydrogen (secondary N) is 1. The van der Waals surface area contributed by atoms with E-state index in [1.54, 1.807) is 6.07 Å². The number of rotatable bonds is 4. The van der Waals surface area contributed by atoms with E-state index >= 15 is 0 Å². The third kappa shape index (κ3) is 2.89. The zero-order valence-electron chi connectivity index (χ0n) is 12.6. The zero-order valence-corrected chi connectivity index (χ0v) is 13.5. The number of aromatic nitrogens is 3. The van der Waals surface area contributed by atoms with E-state index in [0.717, 1.165) is 6.42 Å². The molecule has 0 bridgehead atoms. The lowest BCUT2D eigenvalue weighted by Crippen LogP contribution is -2.39. The van der Waals surface area contributed by atoms with E-state index in [0.29, 0.717) is 18.8 Å². The van der Waals surface area contributed by atoms with Gasteiger partial charge in [-0.05, 0) is 25.0 Å². The third-order valence-electron chi connectivity index (χ3n) is 3.98. The molecule has 2 heterocycles. The van der Waals surface area contributed by atoms with E-state index in [1.807, 2.05) is 0 Å². The van der Waals surface area contributed by atoms with Crippen LogP contribution >= 0.6 is 0 Å². The highest BCUT2D eigenvalue weighted by Gasteiger charge is 2.35. The average molecular weight is 338 g/mol. The minimum atomic E-state index is -3.86. The molecule has 1 atom stereocenters. The minimum absolute atomic E-state index is 0.0436. The summed E-state index contributed by atoms with van der Waals surface area (Å²) in [6.07, 6.45) is 2.95. The van der Waals surface area contributed by atoms with Crippen molar-refractivity contribution in [2.24, 2.45) is 0 Å². The summed E-state index contributed by atoms with van der Waals surface area (Å²) in [4.78, 5) is 3.92. The van der Waals surface area contributed by atoms with Crippen LogP contribution in [0.5, 0.6) is 11.5 Å². The summed E-state index contributed by atoms with van der Waals surface area (Å²) in [5.74, 6) is 0.449. The fourth-order valence-corrected chi connectivity index (χ4v) is 4.59. The van der Waals surface area contributed by atoms with Gasteiger partial charge in [0.05, 0.1) is 7.11 Å². The number of aromatic hydroxyl groups is 1. The molecule has 0 spiro atoms. The molecular weight excluding hydrogens is 320 g/mol. The first-order valence-corrected chi connectivity index (χ1v) is 8.69. The number of benzene rings is 1. The second-order valence-electron chi connectivity index (χ2n) is 5.38. The van der Waals surface area contributed by atoms with Gasteiger partial charge in [0.25, 0.3) is 0 Å². The van der Waals surface area contributed by atoms with Crippen LogP contribution in [0.4, 0.5) is 0 Å². The maximum absolute atomic E-state index is 12.9. The third-order valence-corrected chi connectivity index (χ3v) is 5.92. The lowest BCUT2D eigenvalue weighted by Gasteiger charge is -2.31. The summed E-state index contributed by atoms with van der Waals surface area (Å²) < 4.78 is 32.4. The van der Waals surface area contributed by atoms with Gasteiger partial charge in [0.1, 0.15) is 23.7 Å². The number of sulfonamides is 1. The van der Waals surface area contributed by atoms with Gasteiger partial charge in [-0.3, -0.25) is 5.10 Å². The van der Waals surface area contributed by atoms with Gasteiger partial charge in [0.2, 0.25) is 10.0 Å². The number of hydrogen-bond acceptors (Lipinski definition) is 6. The quantitative estimate of drug-likeness (QED) is 0.864. The van der Waals surface area contributed by atoms with Crippen LogP contribution in [0.2, 0.25) is 0 Å². The molecule has 2 aromatic rings. The molecule has 1 aromatic carbocycles. The minimum Gasteiger partial charge on any atom is -0.506 e. The summed E-state index contributed by atoms with van der Waals surface area (Å²) in [5, 5.41) is 16.6. The van der Waals surface area contributed by atoms with E-state index in [-0.39, 0.29) is 28.9 Å². The van der Waals surface area contributed by atoms with Crippen molar-refractivity contribution in [2.45, 2.75) is 23.7 Å². The fourth-order valence-electron chi connectivity index (χ4n) is 2.85. The smallest absolute Gasteiger partial charge is 0.250 e. The number of ether oxygens (including phenoxy) is 1. The first-order chi connectivity index (χ1) is 11.0. The van der Waals surface area contributed by atoms with E-state index in [9.17, 15) is 13.5 Å². The van der Waals surface area contributed by atoms with Crippen molar-refractivity contribution in [3.63, 3.8) is 0 Å². The SMILES string of the molecule is COc1cccc(O)c1S(=O)(=O)N1CCCC(c2ncn[nH]2)C1. The molecule has 9 heteroatoms. The Labute approximate surface area is 134 Å². The van der Waals surface area contributed by atoms with Gasteiger partial charge in [-0.15, -0.1) is 0 Å². The molecule has 1 saturated heterocycles. The summed E-state index contributed by atoms with van der Waals surface area (Å²) >= 11 is 0. The zero-order chi connectivity index (χ0) is 16.4. The highest BCUT2D eigenvalue weighted by Crippen LogP contribution is 2.36. The molecule has 0 saturated carbocycles. The second-order valence-corrected chi connectivity index (χ2v) is 7.26. The van der Waals surface area contributed by atoms with E-state index in [4.69, 9.17) is 4.74 Å². The first-order valence-electron chi connectivity index (χ1n) is 7.25. The van der Waals surface area contributed by atoms with Crippen molar-refractivity contribution in [3.05, 3.63) is 30.4 Å². The van der Waals surface area contributed by atoms with Crippen LogP contribution in [0.1, 0.15) is 24.6 Å². The molecular formula is C14H18N4O4S. The summed E-state index contributed by atoms with van der Waals surface area (Å²) in [6.45, 7) is 0.680. The van der Waals surface area contributed by atoms with E-state index in [2.05, 4.69) is 15.2 Å². The standard InChI is InChI=1S/C14H18N4O4S/c1-22-12-6-2-5-11(19)13(12)23(20,21)18-7-3-4-10(8-18)14-15-9-16-17-14/h2,5-6,9-10,19H,3-4,7-8H2,1H3,(H,15,16,17). The van der Waals surface area contributed by atoms with Crippen LogP contribution in [-0.2, 0) is 10.0 Å². The molecule has 1 aliphatic heterocycles. The number of phenols is 1. The summed E-state index contributed by atoms with van der Waals surface area (Å²) in [6, 6.07) is 4.40. The Morgan fingerprint density at radius 1 is 1.43 bits per heavy atom. The van der Waals surface area contributed by atoms with Gasteiger partial charge in [-0.25, -0.2) is 13.4 Å². The number of aromatic amines is 1. The van der Waals surface area contributed by atoms with E-state index < -0.39 is 10.0 Å². The van der Waals surface area contributed by atoms with E-state index in [1.165, 1.54) is 29.9 Å². The Kier molecular flexibility index (Phi) is 4.22. The number of methoxy groups -OCH3 is 1. The number of H-pyrrole nitrogens is 1. The van der Waals surface area contributed by atoms with Crippen LogP contribution < -0.4 is 4.74 Å². The lowest BCUT2D eigenvalue weighted by atomic mass is 9.99. The predicted molar refractivity (Wildman–Crippen MR) is 81.8 cm³/mol. The highest BCUT2D eigenvalue weighted by molar-refractivity contribution is 7.89. The highest BCUT2D eigenvalue weighted by atomic mass is 32.2. The maximum Gasteiger partial charge on any atom is 0.250 e. The van der Waals surface area contributed by atoms with Crippen molar-refractivity contribution in [2.75, 3.05) is 20.2 Å². The summed E-state index contributed by atoms with van der Waals surface area (Å²) in [7, 11) is -2.49. The normalized spacial score (nSPS) is 19.6. The predicted octanol–water partition coefficient (Wildman–Crippen LogP) is 1.09. The van der Waals surface area contributed by atoms with Crippen LogP contribution in [0.3, 0.4) is 0 Å². The Morgan fingerprint density at radius 2 is 2.26 bits per heavy atom. The molecule has 1 fully saturated rings. The first kappa shape index (κ1) is 15.8. The van der Waals surface area contributed by atoms with Crippen molar-refractivity contribution in [1.29, 1.82) is 0 Å². The molecule has 0 aliphatic carbocycles. The molecule has 8 nitrogen and oxygen atoms in total.